The molecule has 0 fully saturated rings. The van der Waals surface area contributed by atoms with Crippen LogP contribution in [0.15, 0.2) is 16.7 Å². The van der Waals surface area contributed by atoms with E-state index >= 15 is 0 Å². The Hall–Kier alpha value is 0.0400. The van der Waals surface area contributed by atoms with E-state index in [0.717, 1.165) is 0 Å². The Morgan fingerprint density at radius 1 is 1.70 bits per heavy atom. The van der Waals surface area contributed by atoms with Gasteiger partial charge in [0, 0.05) is 29.6 Å². The summed E-state index contributed by atoms with van der Waals surface area (Å²) in [5.41, 5.74) is 0. The molecule has 0 unspecified atom stereocenters. The Labute approximate surface area is 84.3 Å². The second kappa shape index (κ2) is 4.03. The fourth-order valence-electron chi connectivity index (χ4n) is 0.446. The first-order chi connectivity index (χ1) is 4.22. The van der Waals surface area contributed by atoms with Crippen LogP contribution in [0.2, 0.25) is 5.02 Å². The minimum Gasteiger partial charge on any atom is -0.475 e. The average Bonchev–Trinajstić information content (AvgIpc) is 2.13. The molecule has 1 heterocycles. The van der Waals surface area contributed by atoms with Crippen LogP contribution in [-0.2, 0) is 0 Å². The van der Waals surface area contributed by atoms with Crippen molar-refractivity contribution in [2.75, 3.05) is 0 Å². The predicted molar refractivity (Wildman–Crippen MR) is 36.4 cm³/mol. The van der Waals surface area contributed by atoms with Gasteiger partial charge in [-0.05, 0) is 6.07 Å². The SMILES string of the molecule is O=C(O)c1occc1Cl.[Na]. The quantitative estimate of drug-likeness (QED) is 0.644. The van der Waals surface area contributed by atoms with Gasteiger partial charge in [-0.1, -0.05) is 11.6 Å². The number of furan rings is 1. The van der Waals surface area contributed by atoms with Gasteiger partial charge in [0.25, 0.3) is 0 Å². The predicted octanol–water partition coefficient (Wildman–Crippen LogP) is 1.25. The van der Waals surface area contributed by atoms with Crippen LogP contribution in [0.3, 0.4) is 0 Å². The van der Waals surface area contributed by atoms with Crippen molar-refractivity contribution >= 4 is 47.1 Å². The molecule has 1 aromatic rings. The van der Waals surface area contributed by atoms with Crippen molar-refractivity contribution in [3.05, 3.63) is 23.1 Å². The van der Waals surface area contributed by atoms with Gasteiger partial charge >= 0.3 is 5.97 Å². The molecule has 0 saturated carbocycles. The van der Waals surface area contributed by atoms with Crippen LogP contribution in [-0.4, -0.2) is 40.6 Å². The third-order valence-electron chi connectivity index (χ3n) is 0.811. The monoisotopic (exact) mass is 169 g/mol. The van der Waals surface area contributed by atoms with Gasteiger partial charge in [-0.25, -0.2) is 4.79 Å². The molecule has 0 aliphatic heterocycles. The number of carboxylic acid groups (broad SMARTS) is 1. The summed E-state index contributed by atoms with van der Waals surface area (Å²) in [4.78, 5) is 10.1. The summed E-state index contributed by atoms with van der Waals surface area (Å²) in [6.45, 7) is 0. The number of halogens is 1. The third kappa shape index (κ3) is 2.02. The Balaban J connectivity index is 0.000000810. The Bertz CT molecular complexity index is 233. The van der Waals surface area contributed by atoms with Crippen LogP contribution in [0.1, 0.15) is 10.6 Å². The van der Waals surface area contributed by atoms with Crippen molar-refractivity contribution in [2.45, 2.75) is 0 Å². The molecule has 1 aromatic heterocycles. The summed E-state index contributed by atoms with van der Waals surface area (Å²) in [6.07, 6.45) is 1.23. The minimum atomic E-state index is -1.15. The van der Waals surface area contributed by atoms with Gasteiger partial charge in [-0.3, -0.25) is 0 Å². The summed E-state index contributed by atoms with van der Waals surface area (Å²) in [6, 6.07) is 1.38. The summed E-state index contributed by atoms with van der Waals surface area (Å²) in [5.74, 6) is -1.36. The number of carboxylic acids is 1. The zero-order chi connectivity index (χ0) is 6.85. The van der Waals surface area contributed by atoms with Gasteiger partial charge in [-0.2, -0.15) is 0 Å². The number of hydrogen-bond donors (Lipinski definition) is 1. The molecule has 0 aliphatic carbocycles. The van der Waals surface area contributed by atoms with Crippen LogP contribution in [0.25, 0.3) is 0 Å². The van der Waals surface area contributed by atoms with Crippen molar-refractivity contribution in [3.8, 4) is 0 Å². The Morgan fingerprint density at radius 3 is 2.50 bits per heavy atom. The van der Waals surface area contributed by atoms with Crippen LogP contribution in [0.5, 0.6) is 0 Å². The molecule has 1 N–H and O–H groups in total. The van der Waals surface area contributed by atoms with Crippen LogP contribution in [0.4, 0.5) is 0 Å². The van der Waals surface area contributed by atoms with Crippen molar-refractivity contribution in [2.24, 2.45) is 0 Å². The Kier molecular flexibility index (Phi) is 4.05. The minimum absolute atomic E-state index is 0. The third-order valence-corrected chi connectivity index (χ3v) is 1.11. The van der Waals surface area contributed by atoms with E-state index in [-0.39, 0.29) is 40.3 Å². The van der Waals surface area contributed by atoms with Gasteiger partial charge < -0.3 is 9.52 Å². The van der Waals surface area contributed by atoms with Gasteiger partial charge in [-0.15, -0.1) is 0 Å². The molecule has 0 atom stereocenters. The zero-order valence-corrected chi connectivity index (χ0v) is 8.05. The Morgan fingerprint density at radius 2 is 2.30 bits per heavy atom. The summed E-state index contributed by atoms with van der Waals surface area (Å²) in [5, 5.41) is 8.40. The number of aromatic carboxylic acids is 1. The molecular formula is C5H3ClNaO3. The van der Waals surface area contributed by atoms with Gasteiger partial charge in [0.05, 0.1) is 11.3 Å². The van der Waals surface area contributed by atoms with E-state index in [9.17, 15) is 4.79 Å². The average molecular weight is 170 g/mol. The van der Waals surface area contributed by atoms with Crippen molar-refractivity contribution in [1.29, 1.82) is 0 Å². The molecule has 1 radical (unpaired) electrons. The zero-order valence-electron chi connectivity index (χ0n) is 5.30. The second-order valence-electron chi connectivity index (χ2n) is 1.40. The van der Waals surface area contributed by atoms with E-state index in [1.165, 1.54) is 12.3 Å². The topological polar surface area (TPSA) is 50.4 Å². The molecule has 1 rings (SSSR count). The molecule has 0 amide bonds. The molecule has 10 heavy (non-hydrogen) atoms. The van der Waals surface area contributed by atoms with E-state index in [0.29, 0.717) is 0 Å². The van der Waals surface area contributed by atoms with E-state index in [4.69, 9.17) is 16.7 Å². The van der Waals surface area contributed by atoms with E-state index in [1.807, 2.05) is 0 Å². The fourth-order valence-corrected chi connectivity index (χ4v) is 0.623. The summed E-state index contributed by atoms with van der Waals surface area (Å²) in [7, 11) is 0. The molecule has 0 aromatic carbocycles. The molecule has 49 valence electrons. The van der Waals surface area contributed by atoms with E-state index < -0.39 is 5.97 Å². The first-order valence-electron chi connectivity index (χ1n) is 2.18. The molecule has 0 saturated heterocycles. The summed E-state index contributed by atoms with van der Waals surface area (Å²) < 4.78 is 4.49. The smallest absolute Gasteiger partial charge is 0.373 e. The second-order valence-corrected chi connectivity index (χ2v) is 1.81. The van der Waals surface area contributed by atoms with Crippen LogP contribution in [0, 0.1) is 0 Å². The van der Waals surface area contributed by atoms with E-state index in [2.05, 4.69) is 4.42 Å². The normalized spacial score (nSPS) is 8.50. The van der Waals surface area contributed by atoms with Crippen molar-refractivity contribution in [1.82, 2.24) is 0 Å². The van der Waals surface area contributed by atoms with Crippen LogP contribution < -0.4 is 0 Å². The number of rotatable bonds is 1. The molecule has 0 aliphatic rings. The largest absolute Gasteiger partial charge is 0.475 e. The first-order valence-corrected chi connectivity index (χ1v) is 2.56. The molecule has 0 spiro atoms. The van der Waals surface area contributed by atoms with Crippen molar-refractivity contribution in [3.63, 3.8) is 0 Å². The number of hydrogen-bond acceptors (Lipinski definition) is 2. The number of carbonyl (C=O) groups is 1. The van der Waals surface area contributed by atoms with Crippen LogP contribution >= 0.6 is 11.6 Å². The molecular weight excluding hydrogens is 166 g/mol. The molecule has 3 nitrogen and oxygen atoms in total. The first kappa shape index (κ1) is 10.0. The summed E-state index contributed by atoms with van der Waals surface area (Å²) >= 11 is 5.36. The maximum absolute atomic E-state index is 10.1. The van der Waals surface area contributed by atoms with Crippen molar-refractivity contribution < 1.29 is 14.3 Å². The molecule has 5 heteroatoms. The maximum atomic E-state index is 10.1. The standard InChI is InChI=1S/C5H3ClO3.Na/c6-3-1-2-9-4(3)5(7)8;/h1-2H,(H,7,8);. The van der Waals surface area contributed by atoms with Gasteiger partial charge in [0.15, 0.2) is 0 Å². The fraction of sp³-hybridized carbons (Fsp3) is 0. The maximum Gasteiger partial charge on any atom is 0.373 e. The molecule has 0 bridgehead atoms. The van der Waals surface area contributed by atoms with Gasteiger partial charge in [0.2, 0.25) is 5.76 Å². The van der Waals surface area contributed by atoms with Gasteiger partial charge in [0.1, 0.15) is 0 Å². The van der Waals surface area contributed by atoms with E-state index in [1.54, 1.807) is 0 Å².